The topological polar surface area (TPSA) is 80.8 Å². The highest BCUT2D eigenvalue weighted by Gasteiger charge is 2.35. The lowest BCUT2D eigenvalue weighted by atomic mass is 10.0. The van der Waals surface area contributed by atoms with E-state index in [2.05, 4.69) is 10.3 Å². The van der Waals surface area contributed by atoms with Crippen LogP contribution in [0.25, 0.3) is 0 Å². The number of hydrogen-bond acceptors (Lipinski definition) is 5. The molecule has 0 spiro atoms. The molecule has 7 nitrogen and oxygen atoms in total. The number of aromatic nitrogens is 1. The van der Waals surface area contributed by atoms with Gasteiger partial charge in [-0.2, -0.15) is 0 Å². The van der Waals surface area contributed by atoms with Crippen LogP contribution in [0.15, 0.2) is 60.8 Å². The second-order valence-electron chi connectivity index (χ2n) is 7.92. The Kier molecular flexibility index (Phi) is 6.58. The molecule has 2 heterocycles. The molecule has 170 valence electrons. The molecule has 1 aliphatic rings. The molecule has 0 fully saturated rings. The molecule has 2 aromatic carbocycles. The van der Waals surface area contributed by atoms with E-state index in [4.69, 9.17) is 9.47 Å². The van der Waals surface area contributed by atoms with Gasteiger partial charge in [0.05, 0.1) is 26.2 Å². The number of rotatable bonds is 8. The van der Waals surface area contributed by atoms with Gasteiger partial charge < -0.3 is 19.7 Å². The molecule has 2 amide bonds. The predicted molar refractivity (Wildman–Crippen MR) is 125 cm³/mol. The van der Waals surface area contributed by atoms with E-state index in [0.717, 1.165) is 16.7 Å². The van der Waals surface area contributed by atoms with Crippen molar-refractivity contribution < 1.29 is 19.1 Å². The van der Waals surface area contributed by atoms with Crippen LogP contribution in [0.1, 0.15) is 46.4 Å². The molecule has 0 saturated carbocycles. The van der Waals surface area contributed by atoms with Crippen LogP contribution in [0.4, 0.5) is 5.82 Å². The average Bonchev–Trinajstić information content (AvgIpc) is 3.16. The number of amides is 2. The first-order valence-corrected chi connectivity index (χ1v) is 10.9. The minimum atomic E-state index is -0.486. The van der Waals surface area contributed by atoms with Gasteiger partial charge in [-0.1, -0.05) is 30.3 Å². The first kappa shape index (κ1) is 22.3. The molecule has 0 unspecified atom stereocenters. The van der Waals surface area contributed by atoms with Crippen LogP contribution in [-0.2, 0) is 11.3 Å². The molecule has 0 radical (unpaired) electrons. The number of hydrogen-bond donors (Lipinski definition) is 1. The van der Waals surface area contributed by atoms with Crippen molar-refractivity contribution in [3.8, 4) is 11.5 Å². The highest BCUT2D eigenvalue weighted by Crippen LogP contribution is 2.37. The number of anilines is 1. The van der Waals surface area contributed by atoms with E-state index in [0.29, 0.717) is 36.0 Å². The van der Waals surface area contributed by atoms with Gasteiger partial charge in [0.25, 0.3) is 5.91 Å². The molecule has 1 atom stereocenters. The van der Waals surface area contributed by atoms with Crippen LogP contribution >= 0.6 is 0 Å². The minimum absolute atomic E-state index is 0.0758. The molecule has 33 heavy (non-hydrogen) atoms. The third-order valence-corrected chi connectivity index (χ3v) is 5.66. The number of benzene rings is 2. The third-order valence-electron chi connectivity index (χ3n) is 5.66. The van der Waals surface area contributed by atoms with Gasteiger partial charge in [-0.3, -0.25) is 9.59 Å². The molecule has 1 aromatic heterocycles. The van der Waals surface area contributed by atoms with E-state index in [1.54, 1.807) is 24.3 Å². The van der Waals surface area contributed by atoms with E-state index >= 15 is 0 Å². The quantitative estimate of drug-likeness (QED) is 0.551. The Morgan fingerprint density at radius 3 is 2.67 bits per heavy atom. The molecule has 7 heteroatoms. The molecular weight excluding hydrogens is 418 g/mol. The summed E-state index contributed by atoms with van der Waals surface area (Å²) in [5.74, 6) is 1.33. The second-order valence-corrected chi connectivity index (χ2v) is 7.92. The zero-order chi connectivity index (χ0) is 23.4. The lowest BCUT2D eigenvalue weighted by Crippen LogP contribution is -2.32. The molecule has 1 N–H and O–H groups in total. The van der Waals surface area contributed by atoms with Crippen LogP contribution in [0, 0.1) is 6.92 Å². The summed E-state index contributed by atoms with van der Waals surface area (Å²) >= 11 is 0. The number of pyridine rings is 1. The van der Waals surface area contributed by atoms with Crippen LogP contribution in [0.5, 0.6) is 11.5 Å². The van der Waals surface area contributed by atoms with Gasteiger partial charge in [0.1, 0.15) is 5.82 Å². The van der Waals surface area contributed by atoms with E-state index in [1.807, 2.05) is 62.4 Å². The maximum absolute atomic E-state index is 13.2. The fourth-order valence-electron chi connectivity index (χ4n) is 4.01. The SMILES string of the molecule is CCOc1ccc([C@@H](CC(=O)Nc2ccc(C)cn2)N2Cc3ccccc3C2=O)cc1OC. The van der Waals surface area contributed by atoms with Gasteiger partial charge in [0.2, 0.25) is 5.91 Å². The summed E-state index contributed by atoms with van der Waals surface area (Å²) in [6.07, 6.45) is 1.78. The first-order valence-electron chi connectivity index (χ1n) is 10.9. The highest BCUT2D eigenvalue weighted by atomic mass is 16.5. The van der Waals surface area contributed by atoms with Gasteiger partial charge in [0.15, 0.2) is 11.5 Å². The van der Waals surface area contributed by atoms with Crippen molar-refractivity contribution >= 4 is 17.6 Å². The molecule has 1 aliphatic heterocycles. The van der Waals surface area contributed by atoms with Crippen LogP contribution < -0.4 is 14.8 Å². The predicted octanol–water partition coefficient (Wildman–Crippen LogP) is 4.52. The number of nitrogens with zero attached hydrogens (tertiary/aromatic N) is 2. The standard InChI is InChI=1S/C26H27N3O4/c1-4-33-22-11-10-18(13-23(22)32-3)21(14-25(30)28-24-12-9-17(2)15-27-24)29-16-19-7-5-6-8-20(19)26(29)31/h5-13,15,21H,4,14,16H2,1-3H3,(H,27,28,30)/t21-/m1/s1. The Balaban J connectivity index is 1.65. The van der Waals surface area contributed by atoms with E-state index in [-0.39, 0.29) is 18.2 Å². The summed E-state index contributed by atoms with van der Waals surface area (Å²) in [6.45, 7) is 4.78. The number of nitrogens with one attached hydrogen (secondary N) is 1. The maximum atomic E-state index is 13.2. The summed E-state index contributed by atoms with van der Waals surface area (Å²) in [7, 11) is 1.57. The van der Waals surface area contributed by atoms with Crippen molar-refractivity contribution in [1.82, 2.24) is 9.88 Å². The van der Waals surface area contributed by atoms with Crippen molar-refractivity contribution in [1.29, 1.82) is 0 Å². The summed E-state index contributed by atoms with van der Waals surface area (Å²) in [4.78, 5) is 32.2. The summed E-state index contributed by atoms with van der Waals surface area (Å²) < 4.78 is 11.1. The number of fused-ring (bicyclic) bond motifs is 1. The fraction of sp³-hybridized carbons (Fsp3) is 0.269. The maximum Gasteiger partial charge on any atom is 0.255 e. The van der Waals surface area contributed by atoms with Crippen molar-refractivity contribution in [3.05, 3.63) is 83.0 Å². The molecule has 3 aromatic rings. The lowest BCUT2D eigenvalue weighted by molar-refractivity contribution is -0.117. The monoisotopic (exact) mass is 445 g/mol. The smallest absolute Gasteiger partial charge is 0.255 e. The Labute approximate surface area is 193 Å². The molecule has 0 saturated heterocycles. The van der Waals surface area contributed by atoms with Gasteiger partial charge in [0, 0.05) is 18.3 Å². The van der Waals surface area contributed by atoms with Crippen LogP contribution in [-0.4, -0.2) is 35.4 Å². The van der Waals surface area contributed by atoms with Crippen LogP contribution in [0.2, 0.25) is 0 Å². The zero-order valence-electron chi connectivity index (χ0n) is 19.0. The normalized spacial score (nSPS) is 13.4. The Bertz CT molecular complexity index is 1160. The summed E-state index contributed by atoms with van der Waals surface area (Å²) in [5, 5.41) is 2.85. The number of methoxy groups -OCH3 is 1. The van der Waals surface area contributed by atoms with Gasteiger partial charge in [-0.15, -0.1) is 0 Å². The minimum Gasteiger partial charge on any atom is -0.493 e. The number of ether oxygens (including phenoxy) is 2. The van der Waals surface area contributed by atoms with E-state index < -0.39 is 6.04 Å². The highest BCUT2D eigenvalue weighted by molar-refractivity contribution is 5.99. The summed E-state index contributed by atoms with van der Waals surface area (Å²) in [6, 6.07) is 16.2. The fourth-order valence-corrected chi connectivity index (χ4v) is 4.01. The Morgan fingerprint density at radius 1 is 1.15 bits per heavy atom. The van der Waals surface area contributed by atoms with Gasteiger partial charge >= 0.3 is 0 Å². The first-order chi connectivity index (χ1) is 16.0. The van der Waals surface area contributed by atoms with Crippen molar-refractivity contribution in [3.63, 3.8) is 0 Å². The van der Waals surface area contributed by atoms with E-state index in [1.165, 1.54) is 0 Å². The molecular formula is C26H27N3O4. The largest absolute Gasteiger partial charge is 0.493 e. The van der Waals surface area contributed by atoms with Crippen molar-refractivity contribution in [2.45, 2.75) is 32.9 Å². The number of carbonyl (C=O) groups is 2. The van der Waals surface area contributed by atoms with Gasteiger partial charge in [-0.05, 0) is 54.8 Å². The molecule has 0 bridgehead atoms. The third kappa shape index (κ3) is 4.82. The molecule has 0 aliphatic carbocycles. The average molecular weight is 446 g/mol. The Morgan fingerprint density at radius 2 is 1.97 bits per heavy atom. The number of aryl methyl sites for hydroxylation is 1. The van der Waals surface area contributed by atoms with Crippen molar-refractivity contribution in [2.75, 3.05) is 19.0 Å². The lowest BCUT2D eigenvalue weighted by Gasteiger charge is -2.28. The Hall–Kier alpha value is -3.87. The number of carbonyl (C=O) groups excluding carboxylic acids is 2. The van der Waals surface area contributed by atoms with Crippen molar-refractivity contribution in [2.24, 2.45) is 0 Å². The van der Waals surface area contributed by atoms with E-state index in [9.17, 15) is 9.59 Å². The van der Waals surface area contributed by atoms with Gasteiger partial charge in [-0.25, -0.2) is 4.98 Å². The molecule has 4 rings (SSSR count). The zero-order valence-corrected chi connectivity index (χ0v) is 19.0. The second kappa shape index (κ2) is 9.73. The summed E-state index contributed by atoms with van der Waals surface area (Å²) in [5.41, 5.74) is 3.42. The van der Waals surface area contributed by atoms with Crippen LogP contribution in [0.3, 0.4) is 0 Å².